The third-order valence-corrected chi connectivity index (χ3v) is 7.94. The summed E-state index contributed by atoms with van der Waals surface area (Å²) >= 11 is 1.67. The van der Waals surface area contributed by atoms with E-state index in [0.29, 0.717) is 18.9 Å². The number of ether oxygens (including phenoxy) is 1. The number of pyridine rings is 1. The van der Waals surface area contributed by atoms with Gasteiger partial charge in [-0.15, -0.1) is 0 Å². The minimum absolute atomic E-state index is 0.235. The molecule has 39 heavy (non-hydrogen) atoms. The molecule has 200 valence electrons. The average Bonchev–Trinajstić information content (AvgIpc) is 3.41. The predicted molar refractivity (Wildman–Crippen MR) is 156 cm³/mol. The number of benzene rings is 1. The fraction of sp³-hybridized carbons (Fsp3) is 0.296. The number of aromatic nitrogens is 4. The second kappa shape index (κ2) is 10.8. The monoisotopic (exact) mass is 543 g/mol. The minimum atomic E-state index is -0.235. The van der Waals surface area contributed by atoms with Crippen molar-refractivity contribution in [2.75, 3.05) is 78.2 Å². The summed E-state index contributed by atoms with van der Waals surface area (Å²) in [6.45, 7) is 9.88. The van der Waals surface area contributed by atoms with Crippen LogP contribution in [0.4, 0.5) is 28.3 Å². The van der Waals surface area contributed by atoms with Crippen LogP contribution in [-0.2, 0) is 9.53 Å². The molecule has 0 bridgehead atoms. The number of thiazole rings is 1. The second-order valence-electron chi connectivity index (χ2n) is 9.34. The number of morpholine rings is 1. The lowest BCUT2D eigenvalue weighted by molar-refractivity contribution is -0.111. The molecular weight excluding hydrogens is 514 g/mol. The molecule has 1 aromatic carbocycles. The number of hydrogen-bond donors (Lipinski definition) is 2. The molecule has 4 aromatic rings. The number of carbonyl (C=O) groups is 1. The third-order valence-electron chi connectivity index (χ3n) is 6.84. The van der Waals surface area contributed by atoms with Gasteiger partial charge >= 0.3 is 0 Å². The van der Waals surface area contributed by atoms with Gasteiger partial charge in [0.15, 0.2) is 5.13 Å². The molecule has 0 atom stereocenters. The smallest absolute Gasteiger partial charge is 0.247 e. The normalized spacial score (nSPS) is 15.9. The molecule has 0 radical (unpaired) electrons. The Bertz CT molecular complexity index is 1490. The van der Waals surface area contributed by atoms with Crippen LogP contribution in [0.5, 0.6) is 0 Å². The SMILES string of the molecule is C=CC(=O)Nc1ccc2sc(N3CCN(c4cc(-c5cnc(N)nc5)nc(N5CCOCC5)c4)CC3)nc2c1. The zero-order chi connectivity index (χ0) is 26.8. The lowest BCUT2D eigenvalue weighted by Crippen LogP contribution is -2.46. The molecule has 0 aliphatic carbocycles. The van der Waals surface area contributed by atoms with Crippen molar-refractivity contribution in [3.05, 3.63) is 55.4 Å². The van der Waals surface area contributed by atoms with Gasteiger partial charge in [-0.2, -0.15) is 0 Å². The van der Waals surface area contributed by atoms with Crippen molar-refractivity contribution in [1.29, 1.82) is 0 Å². The molecule has 0 saturated carbocycles. The molecule has 0 spiro atoms. The van der Waals surface area contributed by atoms with Gasteiger partial charge in [-0.25, -0.2) is 19.9 Å². The quantitative estimate of drug-likeness (QED) is 0.351. The van der Waals surface area contributed by atoms with Crippen LogP contribution < -0.4 is 25.8 Å². The number of rotatable bonds is 6. The molecule has 2 fully saturated rings. The number of amides is 1. The fourth-order valence-electron chi connectivity index (χ4n) is 4.73. The van der Waals surface area contributed by atoms with Crippen molar-refractivity contribution in [1.82, 2.24) is 19.9 Å². The van der Waals surface area contributed by atoms with Gasteiger partial charge in [0.1, 0.15) is 5.82 Å². The minimum Gasteiger partial charge on any atom is -0.378 e. The van der Waals surface area contributed by atoms with E-state index in [1.54, 1.807) is 23.7 Å². The summed E-state index contributed by atoms with van der Waals surface area (Å²) in [6, 6.07) is 10.1. The molecule has 5 heterocycles. The van der Waals surface area contributed by atoms with E-state index in [1.807, 2.05) is 18.2 Å². The van der Waals surface area contributed by atoms with E-state index in [-0.39, 0.29) is 11.9 Å². The third kappa shape index (κ3) is 5.47. The highest BCUT2D eigenvalue weighted by atomic mass is 32.1. The molecule has 2 aliphatic rings. The topological polar surface area (TPSA) is 126 Å². The van der Waals surface area contributed by atoms with Gasteiger partial charge in [-0.05, 0) is 30.3 Å². The van der Waals surface area contributed by atoms with Crippen molar-refractivity contribution >= 4 is 55.7 Å². The molecule has 2 aliphatic heterocycles. The molecule has 2 saturated heterocycles. The van der Waals surface area contributed by atoms with Gasteiger partial charge in [0.05, 0.1) is 29.1 Å². The van der Waals surface area contributed by atoms with Gasteiger partial charge in [0.2, 0.25) is 11.9 Å². The van der Waals surface area contributed by atoms with Crippen LogP contribution in [0, 0.1) is 0 Å². The number of anilines is 5. The van der Waals surface area contributed by atoms with E-state index in [2.05, 4.69) is 48.7 Å². The van der Waals surface area contributed by atoms with Crippen molar-refractivity contribution < 1.29 is 9.53 Å². The van der Waals surface area contributed by atoms with E-state index in [0.717, 1.165) is 77.4 Å². The van der Waals surface area contributed by atoms with Crippen LogP contribution in [0.1, 0.15) is 0 Å². The maximum Gasteiger partial charge on any atom is 0.247 e. The number of carbonyl (C=O) groups excluding carboxylic acids is 1. The van der Waals surface area contributed by atoms with E-state index in [9.17, 15) is 4.79 Å². The van der Waals surface area contributed by atoms with Crippen molar-refractivity contribution in [3.8, 4) is 11.3 Å². The predicted octanol–water partition coefficient (Wildman–Crippen LogP) is 3.02. The first-order chi connectivity index (χ1) is 19.1. The highest BCUT2D eigenvalue weighted by molar-refractivity contribution is 7.22. The van der Waals surface area contributed by atoms with Gasteiger partial charge in [-0.1, -0.05) is 17.9 Å². The van der Waals surface area contributed by atoms with Crippen LogP contribution in [0.3, 0.4) is 0 Å². The summed E-state index contributed by atoms with van der Waals surface area (Å²) in [7, 11) is 0. The summed E-state index contributed by atoms with van der Waals surface area (Å²) in [6.07, 6.45) is 4.70. The van der Waals surface area contributed by atoms with Gasteiger partial charge in [0.25, 0.3) is 0 Å². The molecule has 3 aromatic heterocycles. The van der Waals surface area contributed by atoms with Crippen LogP contribution >= 0.6 is 11.3 Å². The molecule has 0 unspecified atom stereocenters. The molecule has 11 nitrogen and oxygen atoms in total. The first-order valence-corrected chi connectivity index (χ1v) is 13.6. The lowest BCUT2D eigenvalue weighted by atomic mass is 10.1. The molecule has 1 amide bonds. The van der Waals surface area contributed by atoms with E-state index in [1.165, 1.54) is 6.08 Å². The maximum absolute atomic E-state index is 11.7. The number of nitrogens with one attached hydrogen (secondary N) is 1. The Kier molecular flexibility index (Phi) is 6.95. The van der Waals surface area contributed by atoms with E-state index >= 15 is 0 Å². The Morgan fingerprint density at radius 2 is 1.72 bits per heavy atom. The fourth-order valence-corrected chi connectivity index (χ4v) is 5.73. The maximum atomic E-state index is 11.7. The molecular formula is C27H29N9O2S. The first kappa shape index (κ1) is 25.0. The van der Waals surface area contributed by atoms with Gasteiger partial charge in [-0.3, -0.25) is 4.79 Å². The number of nitrogen functional groups attached to an aromatic ring is 1. The zero-order valence-corrected chi connectivity index (χ0v) is 22.2. The molecule has 6 rings (SSSR count). The summed E-state index contributed by atoms with van der Waals surface area (Å²) in [5, 5.41) is 3.79. The van der Waals surface area contributed by atoms with Crippen LogP contribution in [0.25, 0.3) is 21.5 Å². The summed E-state index contributed by atoms with van der Waals surface area (Å²) in [5.74, 6) is 0.934. The Hall–Kier alpha value is -4.29. The van der Waals surface area contributed by atoms with Crippen molar-refractivity contribution in [3.63, 3.8) is 0 Å². The zero-order valence-electron chi connectivity index (χ0n) is 21.4. The Labute approximate surface area is 230 Å². The van der Waals surface area contributed by atoms with Crippen LogP contribution in [-0.4, -0.2) is 78.3 Å². The summed E-state index contributed by atoms with van der Waals surface area (Å²) in [5.41, 5.74) is 10.1. The highest BCUT2D eigenvalue weighted by Crippen LogP contribution is 2.33. The first-order valence-electron chi connectivity index (χ1n) is 12.8. The van der Waals surface area contributed by atoms with Crippen molar-refractivity contribution in [2.24, 2.45) is 0 Å². The Balaban J connectivity index is 1.21. The highest BCUT2D eigenvalue weighted by Gasteiger charge is 2.23. The number of fused-ring (bicyclic) bond motifs is 1. The Morgan fingerprint density at radius 1 is 0.974 bits per heavy atom. The second-order valence-corrected chi connectivity index (χ2v) is 10.4. The lowest BCUT2D eigenvalue weighted by Gasteiger charge is -2.37. The van der Waals surface area contributed by atoms with Crippen LogP contribution in [0.15, 0.2) is 55.4 Å². The molecule has 12 heteroatoms. The van der Waals surface area contributed by atoms with E-state index in [4.69, 9.17) is 20.4 Å². The largest absolute Gasteiger partial charge is 0.378 e. The van der Waals surface area contributed by atoms with E-state index < -0.39 is 0 Å². The summed E-state index contributed by atoms with van der Waals surface area (Å²) < 4.78 is 6.64. The van der Waals surface area contributed by atoms with Gasteiger partial charge < -0.3 is 30.5 Å². The standard InChI is InChI=1S/C27H29N9O2S/c1-2-25(37)31-19-3-4-23-22(13-19)33-27(39-23)36-7-5-34(6-8-36)20-14-21(18-16-29-26(28)30-17-18)32-24(15-20)35-9-11-38-12-10-35/h2-4,13-17H,1,5-12H2,(H,31,37)(H2,28,29,30). The van der Waals surface area contributed by atoms with Crippen molar-refractivity contribution in [2.45, 2.75) is 0 Å². The number of nitrogens with two attached hydrogens (primary N) is 1. The van der Waals surface area contributed by atoms with Crippen LogP contribution in [0.2, 0.25) is 0 Å². The average molecular weight is 544 g/mol. The Morgan fingerprint density at radius 3 is 2.46 bits per heavy atom. The molecule has 3 N–H and O–H groups in total. The number of piperazine rings is 1. The number of hydrogen-bond acceptors (Lipinski definition) is 11. The van der Waals surface area contributed by atoms with Gasteiger partial charge in [0, 0.05) is 74.7 Å². The summed E-state index contributed by atoms with van der Waals surface area (Å²) in [4.78, 5) is 36.8. The number of nitrogens with zero attached hydrogens (tertiary/aromatic N) is 7.